The molecule has 1 fully saturated rings. The van der Waals surface area contributed by atoms with E-state index in [0.717, 1.165) is 30.8 Å². The number of carboxylic acids is 1. The fourth-order valence-electron chi connectivity index (χ4n) is 2.23. The molecule has 0 aromatic carbocycles. The molecule has 0 saturated carbocycles. The van der Waals surface area contributed by atoms with Crippen LogP contribution < -0.4 is 0 Å². The normalized spacial score (nSPS) is 18.0. The number of carboxylic acid groups (broad SMARTS) is 1. The minimum Gasteiger partial charge on any atom is -0.476 e. The summed E-state index contributed by atoms with van der Waals surface area (Å²) < 4.78 is 0. The predicted molar refractivity (Wildman–Crippen MR) is 76.3 cm³/mol. The molecule has 1 saturated heterocycles. The zero-order valence-corrected chi connectivity index (χ0v) is 12.5. The molecule has 110 valence electrons. The molecule has 6 nitrogen and oxygen atoms in total. The summed E-state index contributed by atoms with van der Waals surface area (Å²) in [6.07, 6.45) is 1.10. The van der Waals surface area contributed by atoms with Gasteiger partial charge in [0.2, 0.25) is 0 Å². The van der Waals surface area contributed by atoms with Crippen LogP contribution in [0, 0.1) is 0 Å². The van der Waals surface area contributed by atoms with Crippen molar-refractivity contribution in [2.45, 2.75) is 26.3 Å². The van der Waals surface area contributed by atoms with Gasteiger partial charge in [0.1, 0.15) is 0 Å². The highest BCUT2D eigenvalue weighted by atomic mass is 32.1. The quantitative estimate of drug-likeness (QED) is 0.909. The van der Waals surface area contributed by atoms with Crippen LogP contribution in [-0.2, 0) is 0 Å². The highest BCUT2D eigenvalue weighted by Gasteiger charge is 2.26. The lowest BCUT2D eigenvalue weighted by Crippen LogP contribution is -2.51. The summed E-state index contributed by atoms with van der Waals surface area (Å²) >= 11 is 1.09. The van der Waals surface area contributed by atoms with E-state index >= 15 is 0 Å². The summed E-state index contributed by atoms with van der Waals surface area (Å²) in [5, 5.41) is 10.5. The molecule has 1 aromatic heterocycles. The second-order valence-corrected chi connectivity index (χ2v) is 5.79. The summed E-state index contributed by atoms with van der Waals surface area (Å²) in [6, 6.07) is 0.533. The molecule has 1 N–H and O–H groups in total. The van der Waals surface area contributed by atoms with E-state index in [-0.39, 0.29) is 16.6 Å². The van der Waals surface area contributed by atoms with Crippen molar-refractivity contribution in [1.82, 2.24) is 14.8 Å². The largest absolute Gasteiger partial charge is 0.476 e. The van der Waals surface area contributed by atoms with Crippen LogP contribution in [0.2, 0.25) is 0 Å². The molecule has 0 radical (unpaired) electrons. The van der Waals surface area contributed by atoms with Gasteiger partial charge < -0.3 is 10.0 Å². The van der Waals surface area contributed by atoms with Crippen molar-refractivity contribution >= 4 is 23.2 Å². The predicted octanol–water partition coefficient (Wildman–Crippen LogP) is 1.40. The maximum Gasteiger partial charge on any atom is 0.355 e. The molecule has 1 atom stereocenters. The number of thiazole rings is 1. The fourth-order valence-corrected chi connectivity index (χ4v) is 2.99. The van der Waals surface area contributed by atoms with Crippen molar-refractivity contribution in [2.24, 2.45) is 0 Å². The molecule has 1 aromatic rings. The van der Waals surface area contributed by atoms with E-state index in [1.54, 1.807) is 4.90 Å². The molecular weight excluding hydrogens is 278 g/mol. The first-order chi connectivity index (χ1) is 9.52. The Morgan fingerprint density at radius 1 is 1.40 bits per heavy atom. The molecule has 2 rings (SSSR count). The lowest BCUT2D eigenvalue weighted by molar-refractivity contribution is 0.0579. The maximum atomic E-state index is 12.2. The van der Waals surface area contributed by atoms with Gasteiger partial charge in [0, 0.05) is 37.6 Å². The van der Waals surface area contributed by atoms with Gasteiger partial charge in [-0.15, -0.1) is 11.3 Å². The van der Waals surface area contributed by atoms with Gasteiger partial charge >= 0.3 is 5.97 Å². The molecule has 20 heavy (non-hydrogen) atoms. The van der Waals surface area contributed by atoms with Crippen LogP contribution in [0.25, 0.3) is 0 Å². The SMILES string of the molecule is CCC(C)N1CCN(C(=O)c2nc(C(=O)O)cs2)CC1. The molecule has 2 heterocycles. The van der Waals surface area contributed by atoms with Crippen molar-refractivity contribution in [3.63, 3.8) is 0 Å². The smallest absolute Gasteiger partial charge is 0.355 e. The number of hydrogen-bond donors (Lipinski definition) is 1. The van der Waals surface area contributed by atoms with Crippen molar-refractivity contribution in [2.75, 3.05) is 26.2 Å². The van der Waals surface area contributed by atoms with Crippen LogP contribution in [0.1, 0.15) is 40.6 Å². The number of amides is 1. The Bertz CT molecular complexity index is 495. The zero-order chi connectivity index (χ0) is 14.7. The number of piperazine rings is 1. The van der Waals surface area contributed by atoms with Gasteiger partial charge in [-0.3, -0.25) is 9.69 Å². The van der Waals surface area contributed by atoms with E-state index in [2.05, 4.69) is 23.7 Å². The highest BCUT2D eigenvalue weighted by molar-refractivity contribution is 7.11. The van der Waals surface area contributed by atoms with Crippen LogP contribution in [-0.4, -0.2) is 64.0 Å². The first kappa shape index (κ1) is 14.9. The van der Waals surface area contributed by atoms with E-state index < -0.39 is 5.97 Å². The minimum atomic E-state index is -1.10. The average molecular weight is 297 g/mol. The Hall–Kier alpha value is -1.47. The molecule has 0 spiro atoms. The number of carbonyl (C=O) groups is 2. The molecule has 1 unspecified atom stereocenters. The number of aromatic nitrogens is 1. The van der Waals surface area contributed by atoms with Gasteiger partial charge in [-0.1, -0.05) is 6.92 Å². The third kappa shape index (κ3) is 3.16. The fraction of sp³-hybridized carbons (Fsp3) is 0.615. The lowest BCUT2D eigenvalue weighted by atomic mass is 10.2. The molecule has 1 aliphatic heterocycles. The number of aromatic carboxylic acids is 1. The van der Waals surface area contributed by atoms with E-state index in [0.29, 0.717) is 19.1 Å². The lowest BCUT2D eigenvalue weighted by Gasteiger charge is -2.37. The van der Waals surface area contributed by atoms with Gasteiger partial charge in [-0.05, 0) is 13.3 Å². The standard InChI is InChI=1S/C13H19N3O3S/c1-3-9(2)15-4-6-16(7-5-15)12(17)11-14-10(8-20-11)13(18)19/h8-9H,3-7H2,1-2H3,(H,18,19). The van der Waals surface area contributed by atoms with Gasteiger partial charge in [-0.2, -0.15) is 0 Å². The van der Waals surface area contributed by atoms with E-state index in [9.17, 15) is 9.59 Å². The number of rotatable bonds is 4. The summed E-state index contributed by atoms with van der Waals surface area (Å²) in [6.45, 7) is 7.41. The molecule has 0 aliphatic carbocycles. The number of carbonyl (C=O) groups excluding carboxylic acids is 1. The molecular formula is C13H19N3O3S. The Labute approximate surface area is 122 Å². The topological polar surface area (TPSA) is 73.7 Å². The van der Waals surface area contributed by atoms with E-state index in [1.165, 1.54) is 5.38 Å². The van der Waals surface area contributed by atoms with Crippen LogP contribution in [0.3, 0.4) is 0 Å². The Morgan fingerprint density at radius 2 is 2.05 bits per heavy atom. The summed E-state index contributed by atoms with van der Waals surface area (Å²) in [7, 11) is 0. The van der Waals surface area contributed by atoms with Crippen LogP contribution in [0.4, 0.5) is 0 Å². The Balaban J connectivity index is 1.96. The zero-order valence-electron chi connectivity index (χ0n) is 11.7. The summed E-state index contributed by atoms with van der Waals surface area (Å²) in [5.74, 6) is -1.26. The van der Waals surface area contributed by atoms with Crippen molar-refractivity contribution in [3.8, 4) is 0 Å². The van der Waals surface area contributed by atoms with Crippen LogP contribution in [0.5, 0.6) is 0 Å². The monoisotopic (exact) mass is 297 g/mol. The molecule has 7 heteroatoms. The van der Waals surface area contributed by atoms with Crippen LogP contribution in [0.15, 0.2) is 5.38 Å². The summed E-state index contributed by atoms with van der Waals surface area (Å²) in [5.41, 5.74) is -0.0587. The number of nitrogens with zero attached hydrogens (tertiary/aromatic N) is 3. The Kier molecular flexibility index (Phi) is 4.72. The van der Waals surface area contributed by atoms with Crippen molar-refractivity contribution in [1.29, 1.82) is 0 Å². The highest BCUT2D eigenvalue weighted by Crippen LogP contribution is 2.15. The molecule has 1 aliphatic rings. The van der Waals surface area contributed by atoms with Gasteiger partial charge in [0.15, 0.2) is 10.7 Å². The molecule has 1 amide bonds. The Morgan fingerprint density at radius 3 is 2.55 bits per heavy atom. The van der Waals surface area contributed by atoms with E-state index in [4.69, 9.17) is 5.11 Å². The second kappa shape index (κ2) is 6.32. The average Bonchev–Trinajstić information content (AvgIpc) is 2.96. The molecule has 0 bridgehead atoms. The minimum absolute atomic E-state index is 0.0587. The summed E-state index contributed by atoms with van der Waals surface area (Å²) in [4.78, 5) is 31.0. The third-order valence-corrected chi connectivity index (χ3v) is 4.55. The number of hydrogen-bond acceptors (Lipinski definition) is 5. The first-order valence-corrected chi connectivity index (χ1v) is 7.63. The second-order valence-electron chi connectivity index (χ2n) is 4.93. The van der Waals surface area contributed by atoms with Crippen molar-refractivity contribution < 1.29 is 14.7 Å². The first-order valence-electron chi connectivity index (χ1n) is 6.75. The van der Waals surface area contributed by atoms with Gasteiger partial charge in [0.05, 0.1) is 0 Å². The third-order valence-electron chi connectivity index (χ3n) is 3.72. The van der Waals surface area contributed by atoms with Gasteiger partial charge in [0.25, 0.3) is 5.91 Å². The van der Waals surface area contributed by atoms with Gasteiger partial charge in [-0.25, -0.2) is 9.78 Å². The van der Waals surface area contributed by atoms with Crippen molar-refractivity contribution in [3.05, 3.63) is 16.1 Å². The van der Waals surface area contributed by atoms with E-state index in [1.807, 2.05) is 0 Å². The maximum absolute atomic E-state index is 12.2. The van der Waals surface area contributed by atoms with Crippen LogP contribution >= 0.6 is 11.3 Å².